The highest BCUT2D eigenvalue weighted by atomic mass is 16.1. The van der Waals surface area contributed by atoms with Crippen molar-refractivity contribution in [3.63, 3.8) is 0 Å². The maximum absolute atomic E-state index is 11.7. The summed E-state index contributed by atoms with van der Waals surface area (Å²) >= 11 is 0. The second kappa shape index (κ2) is 4.58. The third kappa shape index (κ3) is 2.10. The zero-order valence-corrected chi connectivity index (χ0v) is 8.86. The van der Waals surface area contributed by atoms with Crippen LogP contribution in [0.3, 0.4) is 0 Å². The van der Waals surface area contributed by atoms with Crippen LogP contribution in [0.1, 0.15) is 30.7 Å². The third-order valence-corrected chi connectivity index (χ3v) is 3.32. The molecule has 2 heteroatoms. The van der Waals surface area contributed by atoms with Gasteiger partial charge < -0.3 is 5.73 Å². The Labute approximate surface area is 90.5 Å². The molecule has 80 valence electrons. The molecule has 1 saturated carbocycles. The van der Waals surface area contributed by atoms with E-state index < -0.39 is 0 Å². The van der Waals surface area contributed by atoms with Gasteiger partial charge in [-0.15, -0.1) is 0 Å². The van der Waals surface area contributed by atoms with Gasteiger partial charge in [-0.1, -0.05) is 30.3 Å². The number of hydrogen-bond donors (Lipinski definition) is 1. The van der Waals surface area contributed by atoms with Crippen molar-refractivity contribution < 1.29 is 4.79 Å². The predicted octanol–water partition coefficient (Wildman–Crippen LogP) is 2.10. The summed E-state index contributed by atoms with van der Waals surface area (Å²) in [7, 11) is 0. The van der Waals surface area contributed by atoms with Gasteiger partial charge in [-0.2, -0.15) is 0 Å². The average molecular weight is 203 g/mol. The Morgan fingerprint density at radius 3 is 2.67 bits per heavy atom. The molecule has 0 aromatic heterocycles. The largest absolute Gasteiger partial charge is 0.330 e. The van der Waals surface area contributed by atoms with Crippen LogP contribution < -0.4 is 5.73 Å². The summed E-state index contributed by atoms with van der Waals surface area (Å²) in [6, 6.07) is 10.3. The van der Waals surface area contributed by atoms with E-state index in [2.05, 4.69) is 12.1 Å². The number of ketones is 1. The van der Waals surface area contributed by atoms with E-state index >= 15 is 0 Å². The molecule has 0 spiro atoms. The minimum absolute atomic E-state index is 0.0427. The third-order valence-electron chi connectivity index (χ3n) is 3.32. The molecule has 1 aliphatic rings. The molecule has 2 atom stereocenters. The van der Waals surface area contributed by atoms with Gasteiger partial charge >= 0.3 is 0 Å². The zero-order chi connectivity index (χ0) is 10.7. The normalized spacial score (nSPS) is 26.6. The molecule has 2 rings (SSSR count). The number of carbonyl (C=O) groups excluding carboxylic acids is 1. The van der Waals surface area contributed by atoms with Gasteiger partial charge in [0.1, 0.15) is 5.78 Å². The van der Waals surface area contributed by atoms with Crippen molar-refractivity contribution >= 4 is 5.78 Å². The lowest BCUT2D eigenvalue weighted by molar-refractivity contribution is -0.124. The molecule has 1 fully saturated rings. The van der Waals surface area contributed by atoms with Gasteiger partial charge in [0.15, 0.2) is 0 Å². The van der Waals surface area contributed by atoms with Crippen LogP contribution in [-0.4, -0.2) is 12.3 Å². The zero-order valence-electron chi connectivity index (χ0n) is 8.86. The van der Waals surface area contributed by atoms with Gasteiger partial charge in [-0.25, -0.2) is 0 Å². The molecule has 2 unspecified atom stereocenters. The molecule has 0 bridgehead atoms. The Kier molecular flexibility index (Phi) is 3.17. The van der Waals surface area contributed by atoms with Crippen LogP contribution in [0.25, 0.3) is 0 Å². The summed E-state index contributed by atoms with van der Waals surface area (Å²) in [5.74, 6) is 0.733. The average Bonchev–Trinajstić information content (AvgIpc) is 2.30. The lowest BCUT2D eigenvalue weighted by Gasteiger charge is -2.29. The van der Waals surface area contributed by atoms with Crippen LogP contribution in [0.2, 0.25) is 0 Å². The van der Waals surface area contributed by atoms with E-state index in [1.54, 1.807) is 0 Å². The van der Waals surface area contributed by atoms with Crippen LogP contribution in [0, 0.1) is 5.92 Å². The number of Topliss-reactive ketones (excluding diaryl/α,β-unsaturated/α-hetero) is 1. The van der Waals surface area contributed by atoms with Gasteiger partial charge in [-0.3, -0.25) is 4.79 Å². The second-order valence-electron chi connectivity index (χ2n) is 4.22. The quantitative estimate of drug-likeness (QED) is 0.799. The van der Waals surface area contributed by atoms with E-state index in [1.165, 1.54) is 5.56 Å². The number of benzene rings is 1. The fraction of sp³-hybridized carbons (Fsp3) is 0.462. The Morgan fingerprint density at radius 1 is 1.27 bits per heavy atom. The van der Waals surface area contributed by atoms with E-state index in [0.717, 1.165) is 12.8 Å². The van der Waals surface area contributed by atoms with E-state index in [4.69, 9.17) is 5.73 Å². The smallest absolute Gasteiger partial charge is 0.137 e. The molecule has 0 radical (unpaired) electrons. The minimum Gasteiger partial charge on any atom is -0.330 e. The van der Waals surface area contributed by atoms with Crippen LogP contribution in [0.15, 0.2) is 30.3 Å². The molecular formula is C13H17NO. The van der Waals surface area contributed by atoms with E-state index in [-0.39, 0.29) is 5.92 Å². The van der Waals surface area contributed by atoms with Crippen molar-refractivity contribution in [1.82, 2.24) is 0 Å². The van der Waals surface area contributed by atoms with Crippen molar-refractivity contribution in [2.75, 3.05) is 6.54 Å². The molecule has 0 amide bonds. The van der Waals surface area contributed by atoms with Gasteiger partial charge in [0.05, 0.1) is 0 Å². The second-order valence-corrected chi connectivity index (χ2v) is 4.22. The molecule has 1 aromatic carbocycles. The van der Waals surface area contributed by atoms with Crippen molar-refractivity contribution in [2.45, 2.75) is 25.2 Å². The van der Waals surface area contributed by atoms with Crippen molar-refractivity contribution in [2.24, 2.45) is 11.7 Å². The van der Waals surface area contributed by atoms with Crippen LogP contribution in [0.5, 0.6) is 0 Å². The Balaban J connectivity index is 2.23. The molecule has 1 aliphatic carbocycles. The number of hydrogen-bond acceptors (Lipinski definition) is 2. The van der Waals surface area contributed by atoms with Crippen LogP contribution in [-0.2, 0) is 4.79 Å². The van der Waals surface area contributed by atoms with Gasteiger partial charge in [-0.05, 0) is 24.3 Å². The highest BCUT2D eigenvalue weighted by molar-refractivity contribution is 5.83. The molecule has 2 nitrogen and oxygen atoms in total. The molecule has 2 N–H and O–H groups in total. The van der Waals surface area contributed by atoms with Crippen molar-refractivity contribution in [3.05, 3.63) is 35.9 Å². The summed E-state index contributed by atoms with van der Waals surface area (Å²) in [6.07, 6.45) is 2.82. The van der Waals surface area contributed by atoms with Gasteiger partial charge in [0, 0.05) is 18.9 Å². The Morgan fingerprint density at radius 2 is 2.00 bits per heavy atom. The lowest BCUT2D eigenvalue weighted by Crippen LogP contribution is -2.33. The van der Waals surface area contributed by atoms with Crippen molar-refractivity contribution in [1.29, 1.82) is 0 Å². The first kappa shape index (κ1) is 10.4. The molecular weight excluding hydrogens is 186 g/mol. The topological polar surface area (TPSA) is 43.1 Å². The van der Waals surface area contributed by atoms with E-state index in [0.29, 0.717) is 24.7 Å². The summed E-state index contributed by atoms with van der Waals surface area (Å²) in [6.45, 7) is 0.485. The molecule has 15 heavy (non-hydrogen) atoms. The number of nitrogens with two attached hydrogens (primary N) is 1. The van der Waals surface area contributed by atoms with Gasteiger partial charge in [0.2, 0.25) is 0 Å². The van der Waals surface area contributed by atoms with Gasteiger partial charge in [0.25, 0.3) is 0 Å². The number of rotatable bonds is 2. The fourth-order valence-electron chi connectivity index (χ4n) is 2.50. The first-order chi connectivity index (χ1) is 7.33. The van der Waals surface area contributed by atoms with E-state index in [9.17, 15) is 4.79 Å². The monoisotopic (exact) mass is 203 g/mol. The summed E-state index contributed by atoms with van der Waals surface area (Å²) in [5.41, 5.74) is 6.97. The van der Waals surface area contributed by atoms with Crippen LogP contribution >= 0.6 is 0 Å². The summed E-state index contributed by atoms with van der Waals surface area (Å²) < 4.78 is 0. The Bertz CT molecular complexity index is 334. The highest BCUT2D eigenvalue weighted by Gasteiger charge is 2.31. The molecule has 0 saturated heterocycles. The fourth-order valence-corrected chi connectivity index (χ4v) is 2.50. The van der Waals surface area contributed by atoms with Crippen molar-refractivity contribution in [3.8, 4) is 0 Å². The minimum atomic E-state index is 0.0427. The first-order valence-corrected chi connectivity index (χ1v) is 5.60. The maximum atomic E-state index is 11.7. The number of carbonyl (C=O) groups is 1. The molecule has 0 aliphatic heterocycles. The highest BCUT2D eigenvalue weighted by Crippen LogP contribution is 2.34. The first-order valence-electron chi connectivity index (χ1n) is 5.60. The van der Waals surface area contributed by atoms with E-state index in [1.807, 2.05) is 18.2 Å². The predicted molar refractivity (Wildman–Crippen MR) is 60.6 cm³/mol. The Hall–Kier alpha value is -1.15. The maximum Gasteiger partial charge on any atom is 0.137 e. The van der Waals surface area contributed by atoms with Crippen LogP contribution in [0.4, 0.5) is 0 Å². The lowest BCUT2D eigenvalue weighted by atomic mass is 9.75. The SMILES string of the molecule is NCC1C(=O)CCCC1c1ccccc1. The standard InChI is InChI=1S/C13H17NO/c14-9-12-11(7-4-8-13(12)15)10-5-2-1-3-6-10/h1-3,5-6,11-12H,4,7-9,14H2. The summed E-state index contributed by atoms with van der Waals surface area (Å²) in [5, 5.41) is 0. The molecule has 0 heterocycles. The molecule has 1 aromatic rings. The summed E-state index contributed by atoms with van der Waals surface area (Å²) in [4.78, 5) is 11.7.